The predicted molar refractivity (Wildman–Crippen MR) is 160 cm³/mol. The quantitative estimate of drug-likeness (QED) is 0.259. The molecule has 2 N–H and O–H groups in total. The standard InChI is InChI=1S/C33H28F2N6O2/c34-28-14-13-25(19-29(28)35)38-33(43)40-17-15-30-27(21-40)31(42)41(26-11-2-1-3-12-26)32(39-30)37-20-23-9-5-4-8-22(23)18-24-10-6-7-16-36-24/h1-14,16,19H,15,17-18,20-21H2,(H,37,39)(H,38,43). The second-order valence-electron chi connectivity index (χ2n) is 10.2. The number of para-hydroxylation sites is 1. The number of hydrogen-bond acceptors (Lipinski definition) is 5. The van der Waals surface area contributed by atoms with E-state index in [0.29, 0.717) is 48.8 Å². The van der Waals surface area contributed by atoms with E-state index in [4.69, 9.17) is 4.98 Å². The fourth-order valence-electron chi connectivity index (χ4n) is 5.14. The Morgan fingerprint density at radius 1 is 0.884 bits per heavy atom. The SMILES string of the molecule is O=C(Nc1ccc(F)c(F)c1)N1CCc2nc(NCc3ccccc3Cc3ccccn3)n(-c3ccccc3)c(=O)c2C1. The molecular formula is C33H28F2N6O2. The zero-order valence-electron chi connectivity index (χ0n) is 23.1. The van der Waals surface area contributed by atoms with Gasteiger partial charge in [-0.3, -0.25) is 9.78 Å². The molecule has 1 aliphatic heterocycles. The van der Waals surface area contributed by atoms with E-state index in [9.17, 15) is 18.4 Å². The van der Waals surface area contributed by atoms with Gasteiger partial charge in [-0.2, -0.15) is 0 Å². The highest BCUT2D eigenvalue weighted by atomic mass is 19.2. The third-order valence-electron chi connectivity index (χ3n) is 7.36. The first-order valence-electron chi connectivity index (χ1n) is 13.9. The molecule has 0 radical (unpaired) electrons. The maximum absolute atomic E-state index is 14.0. The van der Waals surface area contributed by atoms with Gasteiger partial charge in [-0.1, -0.05) is 48.5 Å². The molecule has 43 heavy (non-hydrogen) atoms. The van der Waals surface area contributed by atoms with E-state index >= 15 is 0 Å². The highest BCUT2D eigenvalue weighted by Gasteiger charge is 2.27. The van der Waals surface area contributed by atoms with Gasteiger partial charge in [0, 0.05) is 49.6 Å². The molecule has 3 heterocycles. The van der Waals surface area contributed by atoms with E-state index in [1.54, 1.807) is 6.20 Å². The summed E-state index contributed by atoms with van der Waals surface area (Å²) in [5.41, 5.74) is 4.61. The average Bonchev–Trinajstić information content (AvgIpc) is 3.03. The summed E-state index contributed by atoms with van der Waals surface area (Å²) in [4.78, 5) is 37.8. The number of halogens is 2. The Hall–Kier alpha value is -5.38. The minimum atomic E-state index is -1.06. The first-order valence-corrected chi connectivity index (χ1v) is 13.9. The molecule has 0 atom stereocenters. The first kappa shape index (κ1) is 27.8. The predicted octanol–water partition coefficient (Wildman–Crippen LogP) is 5.70. The molecule has 0 saturated heterocycles. The normalized spacial score (nSPS) is 12.5. The van der Waals surface area contributed by atoms with E-state index in [0.717, 1.165) is 29.0 Å². The fourth-order valence-corrected chi connectivity index (χ4v) is 5.14. The summed E-state index contributed by atoms with van der Waals surface area (Å²) < 4.78 is 28.5. The second kappa shape index (κ2) is 12.2. The van der Waals surface area contributed by atoms with Crippen LogP contribution in [-0.2, 0) is 25.9 Å². The number of pyridine rings is 1. The number of fused-ring (bicyclic) bond motifs is 1. The molecule has 0 saturated carbocycles. The van der Waals surface area contributed by atoms with Gasteiger partial charge in [0.15, 0.2) is 11.6 Å². The number of carbonyl (C=O) groups is 1. The second-order valence-corrected chi connectivity index (χ2v) is 10.2. The van der Waals surface area contributed by atoms with Crippen molar-refractivity contribution in [3.8, 4) is 5.69 Å². The van der Waals surface area contributed by atoms with Gasteiger partial charge in [0.05, 0.1) is 23.5 Å². The lowest BCUT2D eigenvalue weighted by molar-refractivity contribution is 0.205. The number of nitrogens with one attached hydrogen (secondary N) is 2. The summed E-state index contributed by atoms with van der Waals surface area (Å²) in [5, 5.41) is 5.98. The minimum Gasteiger partial charge on any atom is -0.351 e. The van der Waals surface area contributed by atoms with Crippen molar-refractivity contribution in [3.63, 3.8) is 0 Å². The van der Waals surface area contributed by atoms with Crippen molar-refractivity contribution >= 4 is 17.7 Å². The number of carbonyl (C=O) groups excluding carboxylic acids is 1. The van der Waals surface area contributed by atoms with Crippen LogP contribution in [0.1, 0.15) is 28.1 Å². The first-order chi connectivity index (χ1) is 21.0. The van der Waals surface area contributed by atoms with Gasteiger partial charge >= 0.3 is 6.03 Å². The summed E-state index contributed by atoms with van der Waals surface area (Å²) in [6.07, 6.45) is 2.81. The summed E-state index contributed by atoms with van der Waals surface area (Å²) in [5.74, 6) is -1.66. The number of aromatic nitrogens is 3. The van der Waals surface area contributed by atoms with Crippen LogP contribution >= 0.6 is 0 Å². The van der Waals surface area contributed by atoms with Crippen LogP contribution in [0.2, 0.25) is 0 Å². The Bertz CT molecular complexity index is 1830. The fraction of sp³-hybridized carbons (Fsp3) is 0.152. The molecule has 0 spiro atoms. The number of benzene rings is 3. The third kappa shape index (κ3) is 6.13. The Morgan fingerprint density at radius 2 is 1.65 bits per heavy atom. The zero-order valence-corrected chi connectivity index (χ0v) is 23.1. The highest BCUT2D eigenvalue weighted by Crippen LogP contribution is 2.22. The Morgan fingerprint density at radius 3 is 2.42 bits per heavy atom. The third-order valence-corrected chi connectivity index (χ3v) is 7.36. The maximum atomic E-state index is 14.0. The van der Waals surface area contributed by atoms with E-state index in [1.165, 1.54) is 15.5 Å². The van der Waals surface area contributed by atoms with Crippen LogP contribution in [0.5, 0.6) is 0 Å². The van der Waals surface area contributed by atoms with Crippen molar-refractivity contribution in [2.75, 3.05) is 17.2 Å². The molecule has 6 rings (SSSR count). The monoisotopic (exact) mass is 578 g/mol. The molecule has 0 aliphatic carbocycles. The van der Waals surface area contributed by atoms with E-state index < -0.39 is 17.7 Å². The maximum Gasteiger partial charge on any atom is 0.322 e. The van der Waals surface area contributed by atoms with E-state index in [-0.39, 0.29) is 17.8 Å². The zero-order chi connectivity index (χ0) is 29.8. The topological polar surface area (TPSA) is 92.2 Å². The van der Waals surface area contributed by atoms with E-state index in [1.807, 2.05) is 66.7 Å². The van der Waals surface area contributed by atoms with Crippen LogP contribution in [0, 0.1) is 11.6 Å². The molecule has 8 nitrogen and oxygen atoms in total. The summed E-state index contributed by atoms with van der Waals surface area (Å²) in [7, 11) is 0. The number of rotatable bonds is 7. The number of hydrogen-bond donors (Lipinski definition) is 2. The van der Waals surface area contributed by atoms with Crippen molar-refractivity contribution in [1.29, 1.82) is 0 Å². The number of urea groups is 1. The van der Waals surface area contributed by atoms with Crippen molar-refractivity contribution in [2.24, 2.45) is 0 Å². The molecule has 10 heteroatoms. The molecule has 3 aromatic carbocycles. The van der Waals surface area contributed by atoms with Crippen molar-refractivity contribution in [1.82, 2.24) is 19.4 Å². The summed E-state index contributed by atoms with van der Waals surface area (Å²) in [6, 6.07) is 25.7. The molecule has 216 valence electrons. The van der Waals surface area contributed by atoms with Gasteiger partial charge in [-0.25, -0.2) is 23.1 Å². The van der Waals surface area contributed by atoms with Crippen LogP contribution in [0.25, 0.3) is 5.69 Å². The Labute approximate surface area is 246 Å². The summed E-state index contributed by atoms with van der Waals surface area (Å²) in [6.45, 7) is 0.761. The van der Waals surface area contributed by atoms with Crippen LogP contribution in [-0.4, -0.2) is 32.0 Å². The van der Waals surface area contributed by atoms with Gasteiger partial charge in [0.25, 0.3) is 5.56 Å². The molecule has 2 aromatic heterocycles. The minimum absolute atomic E-state index is 0.0245. The van der Waals surface area contributed by atoms with Gasteiger partial charge in [-0.05, 0) is 47.5 Å². The number of anilines is 2. The van der Waals surface area contributed by atoms with Crippen molar-refractivity contribution in [3.05, 3.63) is 147 Å². The number of nitrogens with zero attached hydrogens (tertiary/aromatic N) is 4. The molecule has 1 aliphatic rings. The Kier molecular flexibility index (Phi) is 7.90. The molecule has 2 amide bonds. The summed E-state index contributed by atoms with van der Waals surface area (Å²) >= 11 is 0. The lowest BCUT2D eigenvalue weighted by Gasteiger charge is -2.29. The van der Waals surface area contributed by atoms with Crippen LogP contribution < -0.4 is 16.2 Å². The van der Waals surface area contributed by atoms with Crippen LogP contribution in [0.3, 0.4) is 0 Å². The van der Waals surface area contributed by atoms with Crippen LogP contribution in [0.15, 0.2) is 102 Å². The van der Waals surface area contributed by atoms with E-state index in [2.05, 4.69) is 21.7 Å². The lowest BCUT2D eigenvalue weighted by Crippen LogP contribution is -2.43. The largest absolute Gasteiger partial charge is 0.351 e. The molecule has 5 aromatic rings. The van der Waals surface area contributed by atoms with Gasteiger partial charge in [0.1, 0.15) is 0 Å². The molecular weight excluding hydrogens is 550 g/mol. The molecule has 0 fully saturated rings. The highest BCUT2D eigenvalue weighted by molar-refractivity contribution is 5.89. The van der Waals surface area contributed by atoms with Crippen molar-refractivity contribution < 1.29 is 13.6 Å². The van der Waals surface area contributed by atoms with Gasteiger partial charge < -0.3 is 15.5 Å². The smallest absolute Gasteiger partial charge is 0.322 e. The van der Waals surface area contributed by atoms with Gasteiger partial charge in [0.2, 0.25) is 5.95 Å². The number of amides is 2. The average molecular weight is 579 g/mol. The van der Waals surface area contributed by atoms with Gasteiger partial charge in [-0.15, -0.1) is 0 Å². The van der Waals surface area contributed by atoms with Crippen molar-refractivity contribution in [2.45, 2.75) is 25.9 Å². The molecule has 0 unspecified atom stereocenters. The van der Waals surface area contributed by atoms with Crippen LogP contribution in [0.4, 0.5) is 25.2 Å². The molecule has 0 bridgehead atoms. The Balaban J connectivity index is 1.28. The lowest BCUT2D eigenvalue weighted by atomic mass is 10.0.